The minimum absolute atomic E-state index is 0.160. The number of rotatable bonds is 6. The molecule has 1 aromatic rings. The van der Waals surface area contributed by atoms with Gasteiger partial charge in [0.25, 0.3) is 0 Å². The van der Waals surface area contributed by atoms with Crippen LogP contribution in [0.3, 0.4) is 0 Å². The highest BCUT2D eigenvalue weighted by Gasteiger charge is 2.20. The molecule has 0 aromatic heterocycles. The maximum atomic E-state index is 12.0. The normalized spacial score (nSPS) is 17.3. The topological polar surface area (TPSA) is 69.6 Å². The van der Waals surface area contributed by atoms with E-state index in [1.54, 1.807) is 12.1 Å². The van der Waals surface area contributed by atoms with Crippen molar-refractivity contribution in [1.82, 2.24) is 0 Å². The number of hydrogen-bond acceptors (Lipinski definition) is 5. The summed E-state index contributed by atoms with van der Waals surface area (Å²) in [6, 6.07) is 5.21. The number of halogens is 1. The predicted octanol–water partition coefficient (Wildman–Crippen LogP) is 2.09. The molecule has 1 fully saturated rings. The van der Waals surface area contributed by atoms with Crippen LogP contribution in [0.2, 0.25) is 0 Å². The van der Waals surface area contributed by atoms with Crippen molar-refractivity contribution in [1.29, 1.82) is 0 Å². The molecule has 1 atom stereocenters. The van der Waals surface area contributed by atoms with Crippen molar-refractivity contribution in [2.24, 2.45) is 0 Å². The van der Waals surface area contributed by atoms with Crippen molar-refractivity contribution >= 4 is 32.8 Å². The van der Waals surface area contributed by atoms with Gasteiger partial charge in [-0.15, -0.1) is 11.6 Å². The average Bonchev–Trinajstić information content (AvgIpc) is 2.52. The molecule has 5 nitrogen and oxygen atoms in total. The molecular formula is C15H23ClN2O3S. The highest BCUT2D eigenvalue weighted by atomic mass is 35.5. The van der Waals surface area contributed by atoms with Crippen molar-refractivity contribution in [2.45, 2.75) is 30.3 Å². The number of hydrogen-bond donors (Lipinski definition) is 2. The molecule has 0 radical (unpaired) electrons. The molecule has 22 heavy (non-hydrogen) atoms. The molecule has 0 saturated carbocycles. The van der Waals surface area contributed by atoms with Crippen molar-refractivity contribution in [3.8, 4) is 0 Å². The minimum Gasteiger partial charge on any atom is -0.390 e. The van der Waals surface area contributed by atoms with E-state index in [1.165, 1.54) is 12.7 Å². The smallest absolute Gasteiger partial charge is 0.177 e. The molecule has 124 valence electrons. The highest BCUT2D eigenvalue weighted by Crippen LogP contribution is 2.30. The summed E-state index contributed by atoms with van der Waals surface area (Å²) in [5.74, 6) is 0.160. The van der Waals surface area contributed by atoms with Gasteiger partial charge in [0, 0.05) is 31.6 Å². The van der Waals surface area contributed by atoms with Gasteiger partial charge in [-0.1, -0.05) is 0 Å². The summed E-state index contributed by atoms with van der Waals surface area (Å²) in [7, 11) is -3.28. The van der Waals surface area contributed by atoms with Gasteiger partial charge in [-0.3, -0.25) is 0 Å². The largest absolute Gasteiger partial charge is 0.390 e. The fourth-order valence-electron chi connectivity index (χ4n) is 2.61. The van der Waals surface area contributed by atoms with Crippen molar-refractivity contribution in [3.63, 3.8) is 0 Å². The van der Waals surface area contributed by atoms with Crippen LogP contribution in [-0.4, -0.2) is 51.4 Å². The maximum Gasteiger partial charge on any atom is 0.177 e. The standard InChI is InChI=1S/C15H23ClN2O3S/c1-22(20,21)15-6-5-12(17-11-13(19)10-16)9-14(15)18-7-3-2-4-8-18/h5-6,9,13,17,19H,2-4,7-8,10-11H2,1H3. The van der Waals surface area contributed by atoms with E-state index in [4.69, 9.17) is 11.6 Å². The summed E-state index contributed by atoms with van der Waals surface area (Å²) >= 11 is 5.58. The van der Waals surface area contributed by atoms with Crippen LogP contribution in [0, 0.1) is 0 Å². The Labute approximate surface area is 137 Å². The van der Waals surface area contributed by atoms with Gasteiger partial charge in [0.1, 0.15) is 0 Å². The van der Waals surface area contributed by atoms with E-state index in [-0.39, 0.29) is 5.88 Å². The average molecular weight is 347 g/mol. The highest BCUT2D eigenvalue weighted by molar-refractivity contribution is 7.90. The lowest BCUT2D eigenvalue weighted by molar-refractivity contribution is 0.211. The van der Waals surface area contributed by atoms with Crippen molar-refractivity contribution < 1.29 is 13.5 Å². The van der Waals surface area contributed by atoms with Crippen LogP contribution >= 0.6 is 11.6 Å². The molecule has 1 aliphatic heterocycles. The lowest BCUT2D eigenvalue weighted by Gasteiger charge is -2.30. The quantitative estimate of drug-likeness (QED) is 0.772. The molecule has 2 N–H and O–H groups in total. The molecule has 1 heterocycles. The first-order valence-corrected chi connectivity index (χ1v) is 9.91. The molecule has 1 aliphatic rings. The molecule has 0 bridgehead atoms. The molecule has 7 heteroatoms. The second-order valence-corrected chi connectivity index (χ2v) is 7.98. The Hall–Kier alpha value is -0.980. The van der Waals surface area contributed by atoms with Crippen LogP contribution in [0.1, 0.15) is 19.3 Å². The zero-order valence-electron chi connectivity index (χ0n) is 12.8. The van der Waals surface area contributed by atoms with Gasteiger partial charge in [0.05, 0.1) is 22.6 Å². The van der Waals surface area contributed by atoms with Crippen molar-refractivity contribution in [3.05, 3.63) is 18.2 Å². The van der Waals surface area contributed by atoms with Crippen LogP contribution in [0.5, 0.6) is 0 Å². The summed E-state index contributed by atoms with van der Waals surface area (Å²) in [6.45, 7) is 2.08. The predicted molar refractivity (Wildman–Crippen MR) is 90.8 cm³/mol. The zero-order chi connectivity index (χ0) is 16.2. The van der Waals surface area contributed by atoms with Gasteiger partial charge < -0.3 is 15.3 Å². The number of benzene rings is 1. The summed E-state index contributed by atoms with van der Waals surface area (Å²) in [6.07, 6.45) is 3.94. The zero-order valence-corrected chi connectivity index (χ0v) is 14.3. The molecular weight excluding hydrogens is 324 g/mol. The third-order valence-corrected chi connectivity index (χ3v) is 5.28. The summed E-state index contributed by atoms with van der Waals surface area (Å²) in [4.78, 5) is 2.49. The number of anilines is 2. The Balaban J connectivity index is 2.28. The van der Waals surface area contributed by atoms with Gasteiger partial charge in [-0.2, -0.15) is 0 Å². The van der Waals surface area contributed by atoms with E-state index in [0.29, 0.717) is 11.4 Å². The van der Waals surface area contributed by atoms with Crippen LogP contribution < -0.4 is 10.2 Å². The van der Waals surface area contributed by atoms with Gasteiger partial charge in [0.15, 0.2) is 9.84 Å². The molecule has 1 unspecified atom stereocenters. The first kappa shape index (κ1) is 17.4. The monoisotopic (exact) mass is 346 g/mol. The molecule has 1 aromatic carbocycles. The first-order valence-electron chi connectivity index (χ1n) is 7.49. The Kier molecular flexibility index (Phi) is 5.94. The SMILES string of the molecule is CS(=O)(=O)c1ccc(NCC(O)CCl)cc1N1CCCCC1. The molecule has 0 spiro atoms. The fraction of sp³-hybridized carbons (Fsp3) is 0.600. The van der Waals surface area contributed by atoms with Crippen LogP contribution in [0.15, 0.2) is 23.1 Å². The van der Waals surface area contributed by atoms with E-state index in [0.717, 1.165) is 37.3 Å². The molecule has 0 amide bonds. The van der Waals surface area contributed by atoms with E-state index >= 15 is 0 Å². The molecule has 0 aliphatic carbocycles. The number of nitrogens with zero attached hydrogens (tertiary/aromatic N) is 1. The fourth-order valence-corrected chi connectivity index (χ4v) is 3.61. The summed E-state index contributed by atoms with van der Waals surface area (Å²) < 4.78 is 24.0. The minimum atomic E-state index is -3.28. The van der Waals surface area contributed by atoms with Gasteiger partial charge in [-0.25, -0.2) is 8.42 Å². The van der Waals surface area contributed by atoms with Crippen LogP contribution in [-0.2, 0) is 9.84 Å². The summed E-state index contributed by atoms with van der Waals surface area (Å²) in [5, 5.41) is 12.6. The third-order valence-electron chi connectivity index (χ3n) is 3.78. The molecule has 1 saturated heterocycles. The van der Waals surface area contributed by atoms with E-state index in [2.05, 4.69) is 10.2 Å². The van der Waals surface area contributed by atoms with Crippen molar-refractivity contribution in [2.75, 3.05) is 42.0 Å². The first-order chi connectivity index (χ1) is 10.4. The second-order valence-electron chi connectivity index (χ2n) is 5.69. The van der Waals surface area contributed by atoms with Crippen LogP contribution in [0.25, 0.3) is 0 Å². The van der Waals surface area contributed by atoms with Gasteiger partial charge >= 0.3 is 0 Å². The van der Waals surface area contributed by atoms with E-state index < -0.39 is 15.9 Å². The Morgan fingerprint density at radius 3 is 2.59 bits per heavy atom. The Bertz CT molecular complexity index is 601. The van der Waals surface area contributed by atoms with Gasteiger partial charge in [0.2, 0.25) is 0 Å². The molecule has 2 rings (SSSR count). The third kappa shape index (κ3) is 4.51. The maximum absolute atomic E-state index is 12.0. The number of sulfone groups is 1. The lowest BCUT2D eigenvalue weighted by Crippen LogP contribution is -2.30. The number of aliphatic hydroxyl groups is 1. The number of piperidine rings is 1. The van der Waals surface area contributed by atoms with E-state index in [1.807, 2.05) is 6.07 Å². The summed E-state index contributed by atoms with van der Waals surface area (Å²) in [5.41, 5.74) is 1.53. The Morgan fingerprint density at radius 1 is 1.32 bits per heavy atom. The number of alkyl halides is 1. The lowest BCUT2D eigenvalue weighted by atomic mass is 10.1. The Morgan fingerprint density at radius 2 is 2.00 bits per heavy atom. The number of aliphatic hydroxyl groups excluding tert-OH is 1. The van der Waals surface area contributed by atoms with Gasteiger partial charge in [-0.05, 0) is 37.5 Å². The van der Waals surface area contributed by atoms with Crippen LogP contribution in [0.4, 0.5) is 11.4 Å². The van der Waals surface area contributed by atoms with E-state index in [9.17, 15) is 13.5 Å². The second kappa shape index (κ2) is 7.53. The number of nitrogens with one attached hydrogen (secondary N) is 1.